The van der Waals surface area contributed by atoms with E-state index < -0.39 is 0 Å². The second-order valence-electron chi connectivity index (χ2n) is 5.29. The van der Waals surface area contributed by atoms with Gasteiger partial charge < -0.3 is 15.4 Å². The fourth-order valence-electron chi connectivity index (χ4n) is 2.34. The first-order valence-corrected chi connectivity index (χ1v) is 8.32. The highest BCUT2D eigenvalue weighted by Gasteiger charge is 2.08. The van der Waals surface area contributed by atoms with E-state index >= 15 is 0 Å². The van der Waals surface area contributed by atoms with E-state index in [9.17, 15) is 0 Å². The molecule has 2 N–H and O–H groups in total. The Labute approximate surface area is 147 Å². The van der Waals surface area contributed by atoms with Gasteiger partial charge in [0.25, 0.3) is 0 Å². The summed E-state index contributed by atoms with van der Waals surface area (Å²) >= 11 is 0. The molecule has 6 nitrogen and oxygen atoms in total. The Morgan fingerprint density at radius 2 is 1.80 bits per heavy atom. The number of hydrogen-bond donors (Lipinski definition) is 2. The van der Waals surface area contributed by atoms with Crippen molar-refractivity contribution in [1.82, 2.24) is 15.0 Å². The van der Waals surface area contributed by atoms with Crippen LogP contribution in [0.5, 0.6) is 5.75 Å². The summed E-state index contributed by atoms with van der Waals surface area (Å²) < 4.78 is 5.47. The molecule has 0 amide bonds. The van der Waals surface area contributed by atoms with Crippen LogP contribution in [0.25, 0.3) is 11.4 Å². The predicted molar refractivity (Wildman–Crippen MR) is 100 cm³/mol. The van der Waals surface area contributed by atoms with Crippen molar-refractivity contribution in [1.29, 1.82) is 0 Å². The van der Waals surface area contributed by atoms with Crippen molar-refractivity contribution in [3.05, 3.63) is 54.7 Å². The molecule has 1 aromatic carbocycles. The number of ether oxygens (including phenoxy) is 1. The van der Waals surface area contributed by atoms with Gasteiger partial charge in [-0.2, -0.15) is 4.98 Å². The Morgan fingerprint density at radius 1 is 0.960 bits per heavy atom. The monoisotopic (exact) mass is 335 g/mol. The molecule has 2 heterocycles. The molecule has 0 atom stereocenters. The van der Waals surface area contributed by atoms with Crippen LogP contribution < -0.4 is 15.4 Å². The number of nitrogens with one attached hydrogen (secondary N) is 2. The molecule has 3 rings (SSSR count). The van der Waals surface area contributed by atoms with Crippen molar-refractivity contribution in [3.8, 4) is 17.1 Å². The Balaban J connectivity index is 1.88. The SMILES string of the molecule is CCNc1nc(Nc2ccc(OCC)cc2)cc(-c2ccccn2)n1. The predicted octanol–water partition coefficient (Wildman–Crippen LogP) is 4.11. The maximum Gasteiger partial charge on any atom is 0.225 e. The highest BCUT2D eigenvalue weighted by atomic mass is 16.5. The first-order valence-electron chi connectivity index (χ1n) is 8.32. The standard InChI is InChI=1S/C19H21N5O/c1-3-20-19-23-17(16-7-5-6-12-21-16)13-18(24-19)22-14-8-10-15(11-9-14)25-4-2/h5-13H,3-4H2,1-2H3,(H2,20,22,23,24). The first kappa shape index (κ1) is 16.7. The van der Waals surface area contributed by atoms with E-state index in [1.807, 2.05) is 62.4 Å². The number of pyridine rings is 1. The first-order chi connectivity index (χ1) is 12.3. The van der Waals surface area contributed by atoms with Crippen LogP contribution in [0.4, 0.5) is 17.5 Å². The van der Waals surface area contributed by atoms with Crippen LogP contribution in [0.3, 0.4) is 0 Å². The van der Waals surface area contributed by atoms with Crippen molar-refractivity contribution in [3.63, 3.8) is 0 Å². The minimum atomic E-state index is 0.569. The molecule has 6 heteroatoms. The van der Waals surface area contributed by atoms with Crippen LogP contribution in [0.15, 0.2) is 54.7 Å². The fraction of sp³-hybridized carbons (Fsp3) is 0.211. The molecule has 0 aliphatic rings. The average Bonchev–Trinajstić information content (AvgIpc) is 2.64. The quantitative estimate of drug-likeness (QED) is 0.677. The lowest BCUT2D eigenvalue weighted by Gasteiger charge is -2.11. The van der Waals surface area contributed by atoms with Crippen LogP contribution in [0.1, 0.15) is 13.8 Å². The van der Waals surface area contributed by atoms with Crippen molar-refractivity contribution >= 4 is 17.5 Å². The summed E-state index contributed by atoms with van der Waals surface area (Å²) in [6.07, 6.45) is 1.75. The maximum absolute atomic E-state index is 5.47. The van der Waals surface area contributed by atoms with Crippen LogP contribution in [-0.2, 0) is 0 Å². The Morgan fingerprint density at radius 3 is 2.48 bits per heavy atom. The van der Waals surface area contributed by atoms with Crippen LogP contribution in [0, 0.1) is 0 Å². The molecule has 3 aromatic rings. The van der Waals surface area contributed by atoms with Gasteiger partial charge in [-0.1, -0.05) is 6.07 Å². The summed E-state index contributed by atoms with van der Waals surface area (Å²) in [7, 11) is 0. The maximum atomic E-state index is 5.47. The third-order valence-electron chi connectivity index (χ3n) is 3.43. The van der Waals surface area contributed by atoms with Gasteiger partial charge in [-0.15, -0.1) is 0 Å². The lowest BCUT2D eigenvalue weighted by Crippen LogP contribution is -2.05. The van der Waals surface area contributed by atoms with Crippen molar-refractivity contribution in [2.45, 2.75) is 13.8 Å². The van der Waals surface area contributed by atoms with Gasteiger partial charge in [-0.25, -0.2) is 4.98 Å². The van der Waals surface area contributed by atoms with Gasteiger partial charge in [-0.3, -0.25) is 4.98 Å². The largest absolute Gasteiger partial charge is 0.494 e. The van der Waals surface area contributed by atoms with Gasteiger partial charge in [0.2, 0.25) is 5.95 Å². The van der Waals surface area contributed by atoms with Crippen LogP contribution >= 0.6 is 0 Å². The Hall–Kier alpha value is -3.15. The summed E-state index contributed by atoms with van der Waals surface area (Å²) in [4.78, 5) is 13.4. The highest BCUT2D eigenvalue weighted by Crippen LogP contribution is 2.23. The number of hydrogen-bond acceptors (Lipinski definition) is 6. The van der Waals surface area contributed by atoms with Crippen molar-refractivity contribution < 1.29 is 4.74 Å². The van der Waals surface area contributed by atoms with Gasteiger partial charge in [0.05, 0.1) is 18.0 Å². The molecule has 128 valence electrons. The second-order valence-corrected chi connectivity index (χ2v) is 5.29. The van der Waals surface area contributed by atoms with E-state index in [0.717, 1.165) is 29.4 Å². The summed E-state index contributed by atoms with van der Waals surface area (Å²) in [5.74, 6) is 2.12. The van der Waals surface area contributed by atoms with Gasteiger partial charge >= 0.3 is 0 Å². The van der Waals surface area contributed by atoms with Gasteiger partial charge in [0.15, 0.2) is 0 Å². The number of benzene rings is 1. The Kier molecular flexibility index (Phi) is 5.41. The number of rotatable bonds is 7. The molecule has 0 saturated carbocycles. The minimum Gasteiger partial charge on any atom is -0.494 e. The van der Waals surface area contributed by atoms with Crippen LogP contribution in [-0.4, -0.2) is 28.1 Å². The summed E-state index contributed by atoms with van der Waals surface area (Å²) in [6, 6.07) is 15.4. The molecule has 0 aliphatic heterocycles. The molecule has 0 aliphatic carbocycles. The van der Waals surface area contributed by atoms with Gasteiger partial charge in [0.1, 0.15) is 11.6 Å². The number of anilines is 3. The third kappa shape index (κ3) is 4.44. The van der Waals surface area contributed by atoms with E-state index in [0.29, 0.717) is 18.4 Å². The fourth-order valence-corrected chi connectivity index (χ4v) is 2.34. The second kappa shape index (κ2) is 8.10. The normalized spacial score (nSPS) is 10.3. The smallest absolute Gasteiger partial charge is 0.225 e. The van der Waals surface area contributed by atoms with Gasteiger partial charge in [0, 0.05) is 24.5 Å². The molecule has 25 heavy (non-hydrogen) atoms. The third-order valence-corrected chi connectivity index (χ3v) is 3.43. The van der Waals surface area contributed by atoms with E-state index in [4.69, 9.17) is 4.74 Å². The Bertz CT molecular complexity index is 806. The van der Waals surface area contributed by atoms with E-state index in [1.54, 1.807) is 6.20 Å². The zero-order valence-corrected chi connectivity index (χ0v) is 14.4. The summed E-state index contributed by atoms with van der Waals surface area (Å²) in [6.45, 7) is 5.37. The molecule has 0 saturated heterocycles. The molecular weight excluding hydrogens is 314 g/mol. The molecule has 0 unspecified atom stereocenters. The molecule has 0 radical (unpaired) electrons. The van der Waals surface area contributed by atoms with Crippen molar-refractivity contribution in [2.24, 2.45) is 0 Å². The zero-order chi connectivity index (χ0) is 17.5. The molecule has 0 fully saturated rings. The van der Waals surface area contributed by atoms with E-state index in [2.05, 4.69) is 25.6 Å². The molecule has 0 bridgehead atoms. The molecule has 0 spiro atoms. The lowest BCUT2D eigenvalue weighted by atomic mass is 10.2. The zero-order valence-electron chi connectivity index (χ0n) is 14.4. The number of nitrogens with zero attached hydrogens (tertiary/aromatic N) is 3. The van der Waals surface area contributed by atoms with E-state index in [-0.39, 0.29) is 0 Å². The van der Waals surface area contributed by atoms with Crippen LogP contribution in [0.2, 0.25) is 0 Å². The van der Waals surface area contributed by atoms with Gasteiger partial charge in [-0.05, 0) is 50.2 Å². The summed E-state index contributed by atoms with van der Waals surface area (Å²) in [5, 5.41) is 6.47. The average molecular weight is 335 g/mol. The van der Waals surface area contributed by atoms with Crippen molar-refractivity contribution in [2.75, 3.05) is 23.8 Å². The lowest BCUT2D eigenvalue weighted by molar-refractivity contribution is 0.340. The molecular formula is C19H21N5O. The minimum absolute atomic E-state index is 0.569. The summed E-state index contributed by atoms with van der Waals surface area (Å²) in [5.41, 5.74) is 2.50. The number of aromatic nitrogens is 3. The highest BCUT2D eigenvalue weighted by molar-refractivity contribution is 5.65. The van der Waals surface area contributed by atoms with E-state index in [1.165, 1.54) is 0 Å². The topological polar surface area (TPSA) is 72.0 Å². The molecule has 2 aromatic heterocycles.